The van der Waals surface area contributed by atoms with Gasteiger partial charge in [-0.15, -0.1) is 11.3 Å². The molecule has 0 aliphatic carbocycles. The average molecular weight is 486 g/mol. The first-order valence-electron chi connectivity index (χ1n) is 12.4. The summed E-state index contributed by atoms with van der Waals surface area (Å²) < 4.78 is 0. The maximum absolute atomic E-state index is 11.5. The molecule has 2 heterocycles. The number of aliphatic hydroxyl groups is 1. The number of hydrogen-bond donors (Lipinski definition) is 1. The fourth-order valence-corrected chi connectivity index (χ4v) is 5.19. The molecule has 182 valence electrons. The summed E-state index contributed by atoms with van der Waals surface area (Å²) in [7, 11) is 0. The van der Waals surface area contributed by atoms with Gasteiger partial charge in [-0.1, -0.05) is 74.5 Å². The average Bonchev–Trinajstić information content (AvgIpc) is 3.40. The first-order chi connectivity index (χ1) is 17.1. The predicted molar refractivity (Wildman–Crippen MR) is 145 cm³/mol. The van der Waals surface area contributed by atoms with Gasteiger partial charge in [-0.3, -0.25) is 14.9 Å². The fraction of sp³-hybridized carbons (Fsp3) is 0.333. The van der Waals surface area contributed by atoms with Crippen LogP contribution in [0, 0.1) is 5.92 Å². The molecule has 0 saturated carbocycles. The van der Waals surface area contributed by atoms with Crippen molar-refractivity contribution in [2.45, 2.75) is 51.8 Å². The molecule has 0 amide bonds. The van der Waals surface area contributed by atoms with Crippen molar-refractivity contribution in [3.63, 3.8) is 0 Å². The normalized spacial score (nSPS) is 13.3. The van der Waals surface area contributed by atoms with Crippen molar-refractivity contribution in [2.24, 2.45) is 5.92 Å². The summed E-state index contributed by atoms with van der Waals surface area (Å²) in [4.78, 5) is 12.4. The third kappa shape index (κ3) is 7.56. The van der Waals surface area contributed by atoms with Gasteiger partial charge in [0.05, 0.1) is 17.3 Å². The molecule has 2 unspecified atom stereocenters. The number of pyridine rings is 1. The fourth-order valence-electron chi connectivity index (χ4n) is 4.54. The lowest BCUT2D eigenvalue weighted by atomic mass is 9.96. The van der Waals surface area contributed by atoms with E-state index in [0.29, 0.717) is 5.92 Å². The SMILES string of the molecule is CC(C)CN(Cc1ccc(-c2ccccn2)cc1)C(Cc1cncs1)C(O)CCc1ccccc1. The van der Waals surface area contributed by atoms with Crippen LogP contribution >= 0.6 is 11.3 Å². The molecule has 0 radical (unpaired) electrons. The molecule has 0 bridgehead atoms. The van der Waals surface area contributed by atoms with Crippen LogP contribution in [-0.2, 0) is 19.4 Å². The van der Waals surface area contributed by atoms with Gasteiger partial charge in [0.2, 0.25) is 0 Å². The minimum absolute atomic E-state index is 0.0250. The van der Waals surface area contributed by atoms with Crippen LogP contribution < -0.4 is 0 Å². The van der Waals surface area contributed by atoms with E-state index >= 15 is 0 Å². The van der Waals surface area contributed by atoms with Gasteiger partial charge in [0.1, 0.15) is 0 Å². The van der Waals surface area contributed by atoms with Crippen molar-refractivity contribution in [1.82, 2.24) is 14.9 Å². The van der Waals surface area contributed by atoms with Crippen LogP contribution in [0.1, 0.15) is 36.3 Å². The van der Waals surface area contributed by atoms with Gasteiger partial charge < -0.3 is 5.11 Å². The zero-order valence-electron chi connectivity index (χ0n) is 20.6. The lowest BCUT2D eigenvalue weighted by molar-refractivity contribution is 0.0331. The van der Waals surface area contributed by atoms with E-state index in [4.69, 9.17) is 0 Å². The lowest BCUT2D eigenvalue weighted by Crippen LogP contribution is -2.46. The molecule has 0 spiro atoms. The van der Waals surface area contributed by atoms with E-state index in [2.05, 4.69) is 77.2 Å². The van der Waals surface area contributed by atoms with E-state index in [9.17, 15) is 5.11 Å². The second kappa shape index (κ2) is 12.7. The van der Waals surface area contributed by atoms with E-state index in [1.54, 1.807) is 11.3 Å². The van der Waals surface area contributed by atoms with Crippen LogP contribution in [0.15, 0.2) is 90.7 Å². The molecule has 0 aliphatic heterocycles. The summed E-state index contributed by atoms with van der Waals surface area (Å²) in [6, 6.07) is 25.1. The van der Waals surface area contributed by atoms with Gasteiger partial charge in [-0.25, -0.2) is 0 Å². The van der Waals surface area contributed by atoms with Crippen molar-refractivity contribution in [3.8, 4) is 11.3 Å². The topological polar surface area (TPSA) is 49.2 Å². The van der Waals surface area contributed by atoms with Gasteiger partial charge in [-0.05, 0) is 42.0 Å². The van der Waals surface area contributed by atoms with Crippen LogP contribution in [0.5, 0.6) is 0 Å². The van der Waals surface area contributed by atoms with Crippen molar-refractivity contribution in [1.29, 1.82) is 0 Å². The molecule has 0 fully saturated rings. The van der Waals surface area contributed by atoms with E-state index in [0.717, 1.165) is 43.6 Å². The quantitative estimate of drug-likeness (QED) is 0.257. The Hall–Kier alpha value is -2.86. The van der Waals surface area contributed by atoms with Crippen molar-refractivity contribution < 1.29 is 5.11 Å². The molecule has 4 nitrogen and oxygen atoms in total. The zero-order chi connectivity index (χ0) is 24.5. The second-order valence-electron chi connectivity index (χ2n) is 9.57. The van der Waals surface area contributed by atoms with Crippen molar-refractivity contribution in [2.75, 3.05) is 6.54 Å². The third-order valence-corrected chi connectivity index (χ3v) is 7.08. The van der Waals surface area contributed by atoms with E-state index in [-0.39, 0.29) is 6.04 Å². The smallest absolute Gasteiger partial charge is 0.0794 e. The zero-order valence-corrected chi connectivity index (χ0v) is 21.4. The Morgan fingerprint density at radius 1 is 0.914 bits per heavy atom. The van der Waals surface area contributed by atoms with Crippen molar-refractivity contribution in [3.05, 3.63) is 107 Å². The van der Waals surface area contributed by atoms with Gasteiger partial charge in [0, 0.05) is 48.4 Å². The third-order valence-electron chi connectivity index (χ3n) is 6.28. The number of nitrogens with zero attached hydrogens (tertiary/aromatic N) is 3. The Bertz CT molecular complexity index is 1120. The molecule has 0 aliphatic rings. The molecule has 4 aromatic rings. The molecule has 0 saturated heterocycles. The largest absolute Gasteiger partial charge is 0.391 e. The van der Waals surface area contributed by atoms with Gasteiger partial charge in [0.25, 0.3) is 0 Å². The Labute approximate surface area is 213 Å². The highest BCUT2D eigenvalue weighted by Gasteiger charge is 2.27. The van der Waals surface area contributed by atoms with Crippen molar-refractivity contribution >= 4 is 11.3 Å². The first kappa shape index (κ1) is 25.2. The van der Waals surface area contributed by atoms with Crippen LogP contribution in [0.25, 0.3) is 11.3 Å². The molecule has 4 rings (SSSR count). The molecule has 2 aromatic heterocycles. The van der Waals surface area contributed by atoms with Crippen LogP contribution in [0.2, 0.25) is 0 Å². The Morgan fingerprint density at radius 2 is 1.69 bits per heavy atom. The van der Waals surface area contributed by atoms with Crippen LogP contribution in [0.3, 0.4) is 0 Å². The molecule has 2 aromatic carbocycles. The minimum atomic E-state index is -0.427. The minimum Gasteiger partial charge on any atom is -0.391 e. The monoisotopic (exact) mass is 485 g/mol. The summed E-state index contributed by atoms with van der Waals surface area (Å²) >= 11 is 1.67. The number of hydrogen-bond acceptors (Lipinski definition) is 5. The maximum atomic E-state index is 11.5. The van der Waals surface area contributed by atoms with E-state index < -0.39 is 6.10 Å². The summed E-state index contributed by atoms with van der Waals surface area (Å²) in [6.45, 7) is 6.22. The molecular formula is C30H35N3OS. The van der Waals surface area contributed by atoms with Crippen LogP contribution in [-0.4, -0.2) is 38.7 Å². The number of aryl methyl sites for hydroxylation is 1. The number of thiazole rings is 1. The number of aromatic nitrogens is 2. The molecule has 2 atom stereocenters. The number of benzene rings is 2. The number of rotatable bonds is 12. The standard InChI is InChI=1S/C30H35N3OS/c1-23(2)20-33(21-25-11-14-26(15-12-25)28-10-6-7-17-32-28)29(18-27-19-31-22-35-27)30(34)16-13-24-8-4-3-5-9-24/h3-12,14-15,17,19,22-23,29-30,34H,13,16,18,20-21H2,1-2H3. The highest BCUT2D eigenvalue weighted by atomic mass is 32.1. The first-order valence-corrected chi connectivity index (χ1v) is 13.3. The van der Waals surface area contributed by atoms with Gasteiger partial charge in [-0.2, -0.15) is 0 Å². The van der Waals surface area contributed by atoms with Gasteiger partial charge in [0.15, 0.2) is 0 Å². The van der Waals surface area contributed by atoms with E-state index in [1.807, 2.05) is 42.2 Å². The highest BCUT2D eigenvalue weighted by Crippen LogP contribution is 2.23. The van der Waals surface area contributed by atoms with Gasteiger partial charge >= 0.3 is 0 Å². The maximum Gasteiger partial charge on any atom is 0.0794 e. The Kier molecular flexibility index (Phi) is 9.18. The molecular weight excluding hydrogens is 450 g/mol. The van der Waals surface area contributed by atoms with E-state index in [1.165, 1.54) is 16.0 Å². The Morgan fingerprint density at radius 3 is 2.34 bits per heavy atom. The molecule has 1 N–H and O–H groups in total. The predicted octanol–water partition coefficient (Wildman–Crippen LogP) is 6.27. The van der Waals surface area contributed by atoms with Crippen LogP contribution in [0.4, 0.5) is 0 Å². The summed E-state index contributed by atoms with van der Waals surface area (Å²) in [5, 5.41) is 11.5. The molecule has 35 heavy (non-hydrogen) atoms. The number of aliphatic hydroxyl groups excluding tert-OH is 1. The second-order valence-corrected chi connectivity index (χ2v) is 10.5. The summed E-state index contributed by atoms with van der Waals surface area (Å²) in [5.74, 6) is 0.494. The lowest BCUT2D eigenvalue weighted by Gasteiger charge is -2.36. The molecule has 5 heteroatoms. The summed E-state index contributed by atoms with van der Waals surface area (Å²) in [5.41, 5.74) is 6.50. The Balaban J connectivity index is 1.53. The summed E-state index contributed by atoms with van der Waals surface area (Å²) in [6.07, 6.45) is 5.75. The highest BCUT2D eigenvalue weighted by molar-refractivity contribution is 7.09.